The molecule has 0 spiro atoms. The molecular weight excluding hydrogens is 404 g/mol. The molecule has 1 amide bonds. The molecule has 1 N–H and O–H groups in total. The number of nitrogens with one attached hydrogen (secondary N) is 1. The second kappa shape index (κ2) is 10.3. The van der Waals surface area contributed by atoms with Crippen LogP contribution < -0.4 is 5.32 Å². The average Bonchev–Trinajstić information content (AvgIpc) is 2.75. The van der Waals surface area contributed by atoms with E-state index in [-0.39, 0.29) is 11.8 Å². The summed E-state index contributed by atoms with van der Waals surface area (Å²) in [5.74, 6) is 1.73. The number of carbonyl (C=O) groups is 1. The summed E-state index contributed by atoms with van der Waals surface area (Å²) in [4.78, 5) is 12.7. The van der Waals surface area contributed by atoms with Crippen LogP contribution in [0.25, 0.3) is 0 Å². The van der Waals surface area contributed by atoms with Crippen LogP contribution >= 0.6 is 11.8 Å². The third-order valence-electron chi connectivity index (χ3n) is 5.27. The summed E-state index contributed by atoms with van der Waals surface area (Å²) in [6.07, 6.45) is 1.13. The number of carbonyl (C=O) groups excluding carboxylic acids is 1. The van der Waals surface area contributed by atoms with Crippen LogP contribution in [0.15, 0.2) is 59.5 Å². The van der Waals surface area contributed by atoms with Gasteiger partial charge in [0.25, 0.3) is 0 Å². The molecule has 1 heterocycles. The molecule has 156 valence electrons. The summed E-state index contributed by atoms with van der Waals surface area (Å²) < 4.78 is 26.8. The molecule has 1 aliphatic heterocycles. The number of hydrogen-bond donors (Lipinski definition) is 1. The van der Waals surface area contributed by atoms with Gasteiger partial charge in [0, 0.05) is 37.1 Å². The number of sulfonamides is 1. The number of hydrogen-bond acceptors (Lipinski definition) is 4. The van der Waals surface area contributed by atoms with Crippen LogP contribution in [0.3, 0.4) is 0 Å². The van der Waals surface area contributed by atoms with Gasteiger partial charge in [0.1, 0.15) is 0 Å². The Bertz CT molecular complexity index is 909. The third kappa shape index (κ3) is 5.84. The highest BCUT2D eigenvalue weighted by molar-refractivity contribution is 7.98. The molecule has 0 saturated carbocycles. The van der Waals surface area contributed by atoms with Crippen LogP contribution in [0.4, 0.5) is 0 Å². The summed E-state index contributed by atoms with van der Waals surface area (Å²) in [5.41, 5.74) is 2.62. The fourth-order valence-electron chi connectivity index (χ4n) is 3.44. The fourth-order valence-corrected chi connectivity index (χ4v) is 5.87. The Morgan fingerprint density at radius 2 is 1.72 bits per heavy atom. The maximum atomic E-state index is 12.7. The molecule has 0 aromatic heterocycles. The van der Waals surface area contributed by atoms with Crippen LogP contribution in [0.2, 0.25) is 0 Å². The molecule has 29 heavy (non-hydrogen) atoms. The lowest BCUT2D eigenvalue weighted by Crippen LogP contribution is -2.43. The van der Waals surface area contributed by atoms with E-state index in [1.807, 2.05) is 17.8 Å². The summed E-state index contributed by atoms with van der Waals surface area (Å²) >= 11 is 1.81. The van der Waals surface area contributed by atoms with Crippen LogP contribution in [0, 0.1) is 12.8 Å². The molecule has 1 aliphatic rings. The van der Waals surface area contributed by atoms with Gasteiger partial charge in [-0.1, -0.05) is 42.5 Å². The quantitative estimate of drug-likeness (QED) is 0.649. The van der Waals surface area contributed by atoms with Crippen molar-refractivity contribution in [1.29, 1.82) is 0 Å². The lowest BCUT2D eigenvalue weighted by molar-refractivity contribution is -0.125. The van der Waals surface area contributed by atoms with Gasteiger partial charge in [-0.2, -0.15) is 16.1 Å². The number of thioether (sulfide) groups is 1. The Morgan fingerprint density at radius 3 is 2.41 bits per heavy atom. The minimum atomic E-state index is -3.47. The number of nitrogens with zero attached hydrogens (tertiary/aromatic N) is 1. The standard InChI is InChI=1S/C22H28N2O3S2/c1-18-7-5-6-8-20(18)17-28-16-13-23-22(25)19-11-14-24(15-12-19)29(26,27)21-9-3-2-4-10-21/h2-10,19H,11-17H2,1H3,(H,23,25). The van der Waals surface area contributed by atoms with Crippen molar-refractivity contribution < 1.29 is 13.2 Å². The monoisotopic (exact) mass is 432 g/mol. The highest BCUT2D eigenvalue weighted by Crippen LogP contribution is 2.24. The topological polar surface area (TPSA) is 66.5 Å². The first-order valence-electron chi connectivity index (χ1n) is 9.93. The first-order valence-corrected chi connectivity index (χ1v) is 12.5. The molecule has 0 unspecified atom stereocenters. The second-order valence-corrected chi connectivity index (χ2v) is 10.3. The van der Waals surface area contributed by atoms with Crippen molar-refractivity contribution in [2.75, 3.05) is 25.4 Å². The number of benzene rings is 2. The van der Waals surface area contributed by atoms with Crippen molar-refractivity contribution in [3.05, 3.63) is 65.7 Å². The summed E-state index contributed by atoms with van der Waals surface area (Å²) in [6, 6.07) is 16.8. The molecule has 5 nitrogen and oxygen atoms in total. The summed E-state index contributed by atoms with van der Waals surface area (Å²) in [6.45, 7) is 3.52. The van der Waals surface area contributed by atoms with Crippen molar-refractivity contribution in [2.45, 2.75) is 30.4 Å². The van der Waals surface area contributed by atoms with Crippen LogP contribution in [0.5, 0.6) is 0 Å². The van der Waals surface area contributed by atoms with E-state index in [9.17, 15) is 13.2 Å². The van der Waals surface area contributed by atoms with Gasteiger partial charge in [-0.25, -0.2) is 8.42 Å². The second-order valence-electron chi connectivity index (χ2n) is 7.26. The van der Waals surface area contributed by atoms with Gasteiger partial charge in [0.2, 0.25) is 15.9 Å². The average molecular weight is 433 g/mol. The number of rotatable bonds is 8. The number of piperidine rings is 1. The smallest absolute Gasteiger partial charge is 0.243 e. The van der Waals surface area contributed by atoms with Gasteiger partial charge in [0.05, 0.1) is 4.90 Å². The lowest BCUT2D eigenvalue weighted by Gasteiger charge is -2.30. The van der Waals surface area contributed by atoms with Crippen molar-refractivity contribution >= 4 is 27.7 Å². The molecule has 0 atom stereocenters. The van der Waals surface area contributed by atoms with Gasteiger partial charge < -0.3 is 5.32 Å². The largest absolute Gasteiger partial charge is 0.355 e. The maximum Gasteiger partial charge on any atom is 0.243 e. The summed E-state index contributed by atoms with van der Waals surface area (Å²) in [7, 11) is -3.47. The Labute approximate surface area is 177 Å². The van der Waals surface area contributed by atoms with E-state index in [1.165, 1.54) is 15.4 Å². The van der Waals surface area contributed by atoms with Crippen LogP contribution in [-0.4, -0.2) is 44.0 Å². The van der Waals surface area contributed by atoms with Gasteiger partial charge in [-0.3, -0.25) is 4.79 Å². The van der Waals surface area contributed by atoms with Crippen molar-refractivity contribution in [2.24, 2.45) is 5.92 Å². The molecule has 1 fully saturated rings. The van der Waals surface area contributed by atoms with E-state index in [4.69, 9.17) is 0 Å². The third-order valence-corrected chi connectivity index (χ3v) is 8.19. The van der Waals surface area contributed by atoms with E-state index in [1.54, 1.807) is 30.3 Å². The Hall–Kier alpha value is -1.83. The summed E-state index contributed by atoms with van der Waals surface area (Å²) in [5, 5.41) is 3.01. The minimum Gasteiger partial charge on any atom is -0.355 e. The van der Waals surface area contributed by atoms with Gasteiger partial charge in [0.15, 0.2) is 0 Å². The van der Waals surface area contributed by atoms with Gasteiger partial charge in [-0.05, 0) is 43.0 Å². The normalized spacial score (nSPS) is 15.9. The van der Waals surface area contributed by atoms with Crippen LogP contribution in [-0.2, 0) is 20.6 Å². The Morgan fingerprint density at radius 1 is 1.07 bits per heavy atom. The molecule has 0 bridgehead atoms. The zero-order chi connectivity index (χ0) is 20.7. The zero-order valence-corrected chi connectivity index (χ0v) is 18.3. The zero-order valence-electron chi connectivity index (χ0n) is 16.7. The first kappa shape index (κ1) is 21.9. The SMILES string of the molecule is Cc1ccccc1CSCCNC(=O)C1CCN(S(=O)(=O)c2ccccc2)CC1. The van der Waals surface area contributed by atoms with Crippen LogP contribution in [0.1, 0.15) is 24.0 Å². The van der Waals surface area contributed by atoms with E-state index < -0.39 is 10.0 Å². The van der Waals surface area contributed by atoms with E-state index in [2.05, 4.69) is 30.4 Å². The number of amides is 1. The molecule has 7 heteroatoms. The van der Waals surface area contributed by atoms with E-state index in [0.29, 0.717) is 37.4 Å². The molecule has 1 saturated heterocycles. The molecule has 2 aromatic rings. The lowest BCUT2D eigenvalue weighted by atomic mass is 9.97. The molecule has 3 rings (SSSR count). The van der Waals surface area contributed by atoms with Gasteiger partial charge in [-0.15, -0.1) is 0 Å². The number of aryl methyl sites for hydroxylation is 1. The van der Waals surface area contributed by atoms with Crippen molar-refractivity contribution in [3.8, 4) is 0 Å². The highest BCUT2D eigenvalue weighted by atomic mass is 32.2. The van der Waals surface area contributed by atoms with Crippen molar-refractivity contribution in [1.82, 2.24) is 9.62 Å². The molecule has 0 aliphatic carbocycles. The minimum absolute atomic E-state index is 0.0400. The predicted molar refractivity (Wildman–Crippen MR) is 118 cm³/mol. The Balaban J connectivity index is 1.38. The molecule has 2 aromatic carbocycles. The first-order chi connectivity index (χ1) is 14.0. The predicted octanol–water partition coefficient (Wildman–Crippen LogP) is 3.45. The van der Waals surface area contributed by atoms with Gasteiger partial charge >= 0.3 is 0 Å². The molecule has 0 radical (unpaired) electrons. The fraction of sp³-hybridized carbons (Fsp3) is 0.409. The highest BCUT2D eigenvalue weighted by Gasteiger charge is 2.31. The van der Waals surface area contributed by atoms with E-state index >= 15 is 0 Å². The van der Waals surface area contributed by atoms with Crippen molar-refractivity contribution in [3.63, 3.8) is 0 Å². The Kier molecular flexibility index (Phi) is 7.75. The van der Waals surface area contributed by atoms with E-state index in [0.717, 1.165) is 11.5 Å². The maximum absolute atomic E-state index is 12.7. The molecular formula is C22H28N2O3S2.